The third-order valence-electron chi connectivity index (χ3n) is 4.49. The summed E-state index contributed by atoms with van der Waals surface area (Å²) in [6, 6.07) is 12.7. The fourth-order valence-corrected chi connectivity index (χ4v) is 3.13. The van der Waals surface area contributed by atoms with Crippen molar-refractivity contribution in [1.82, 2.24) is 5.06 Å². The molecule has 2 aliphatic heterocycles. The number of methoxy groups -OCH3 is 1. The molecule has 7 nitrogen and oxygen atoms in total. The number of allylic oxidation sites excluding steroid dienone is 1. The Bertz CT molecular complexity index is 1120. The molecule has 0 aliphatic carbocycles. The highest BCUT2D eigenvalue weighted by Gasteiger charge is 2.34. The van der Waals surface area contributed by atoms with Gasteiger partial charge in [0.15, 0.2) is 23.2 Å². The van der Waals surface area contributed by atoms with E-state index in [0.29, 0.717) is 40.3 Å². The number of hydrogen-bond acceptors (Lipinski definition) is 5. The fraction of sp³-hybridized carbons (Fsp3) is 0.136. The van der Waals surface area contributed by atoms with Gasteiger partial charge in [-0.1, -0.05) is 29.8 Å². The van der Waals surface area contributed by atoms with Crippen LogP contribution in [0.15, 0.2) is 64.9 Å². The molecule has 1 N–H and O–H groups in total. The van der Waals surface area contributed by atoms with E-state index in [1.807, 2.05) is 12.1 Å². The number of amidine groups is 2. The number of benzene rings is 2. The van der Waals surface area contributed by atoms with Gasteiger partial charge in [-0.2, -0.15) is 4.99 Å². The number of halogens is 1. The third-order valence-corrected chi connectivity index (χ3v) is 4.74. The third kappa shape index (κ3) is 3.92. The van der Waals surface area contributed by atoms with Gasteiger partial charge in [-0.05, 0) is 48.4 Å². The number of ether oxygens (including phenoxy) is 2. The second-order valence-electron chi connectivity index (χ2n) is 6.65. The average molecular weight is 424 g/mol. The highest BCUT2D eigenvalue weighted by Crippen LogP contribution is 2.31. The van der Waals surface area contributed by atoms with Gasteiger partial charge in [0.25, 0.3) is 5.91 Å². The summed E-state index contributed by atoms with van der Waals surface area (Å²) in [6.45, 7) is 2.09. The lowest BCUT2D eigenvalue weighted by molar-refractivity contribution is -0.114. The van der Waals surface area contributed by atoms with Crippen molar-refractivity contribution in [2.24, 2.45) is 4.99 Å². The Hall–Kier alpha value is -3.58. The van der Waals surface area contributed by atoms with Crippen LogP contribution in [0.3, 0.4) is 0 Å². The van der Waals surface area contributed by atoms with Crippen molar-refractivity contribution in [3.05, 3.63) is 76.0 Å². The number of aliphatic imine (C=N–C) groups is 1. The molecule has 0 saturated heterocycles. The Balaban J connectivity index is 1.55. The van der Waals surface area contributed by atoms with E-state index in [4.69, 9.17) is 31.3 Å². The summed E-state index contributed by atoms with van der Waals surface area (Å²) in [5, 5.41) is 10.2. The molecule has 0 atom stereocenters. The maximum Gasteiger partial charge on any atom is 0.282 e. The molecule has 0 saturated carbocycles. The lowest BCUT2D eigenvalue weighted by Gasteiger charge is -2.23. The number of hydroxylamine groups is 2. The Morgan fingerprint density at radius 1 is 1.20 bits per heavy atom. The Morgan fingerprint density at radius 2 is 1.97 bits per heavy atom. The van der Waals surface area contributed by atoms with Crippen LogP contribution in [0.5, 0.6) is 11.5 Å². The molecule has 0 bridgehead atoms. The smallest absolute Gasteiger partial charge is 0.282 e. The predicted molar refractivity (Wildman–Crippen MR) is 114 cm³/mol. The molecule has 8 heteroatoms. The van der Waals surface area contributed by atoms with E-state index in [2.05, 4.69) is 4.99 Å². The maximum absolute atomic E-state index is 12.4. The van der Waals surface area contributed by atoms with Crippen LogP contribution in [0.4, 0.5) is 0 Å². The lowest BCUT2D eigenvalue weighted by atomic mass is 10.1. The quantitative estimate of drug-likeness (QED) is 0.721. The Kier molecular flexibility index (Phi) is 5.29. The van der Waals surface area contributed by atoms with Gasteiger partial charge in [0.05, 0.1) is 12.7 Å². The summed E-state index contributed by atoms with van der Waals surface area (Å²) in [5.74, 6) is 1.37. The minimum atomic E-state index is -0.497. The highest BCUT2D eigenvalue weighted by molar-refractivity contribution is 6.32. The molecule has 0 aromatic heterocycles. The Labute approximate surface area is 178 Å². The minimum Gasteiger partial charge on any atom is -0.493 e. The van der Waals surface area contributed by atoms with Crippen molar-refractivity contribution in [2.75, 3.05) is 7.11 Å². The molecule has 1 amide bonds. The first-order chi connectivity index (χ1) is 14.4. The lowest BCUT2D eigenvalue weighted by Crippen LogP contribution is -2.38. The summed E-state index contributed by atoms with van der Waals surface area (Å²) < 4.78 is 11.3. The number of carbonyl (C=O) groups is 1. The zero-order valence-electron chi connectivity index (χ0n) is 16.3. The van der Waals surface area contributed by atoms with Crippen molar-refractivity contribution in [1.29, 1.82) is 5.41 Å². The number of fused-ring (bicyclic) bond motifs is 1. The molecule has 0 fully saturated rings. The van der Waals surface area contributed by atoms with Crippen LogP contribution in [0.1, 0.15) is 18.1 Å². The van der Waals surface area contributed by atoms with Gasteiger partial charge in [0.2, 0.25) is 0 Å². The van der Waals surface area contributed by atoms with E-state index in [1.54, 1.807) is 49.4 Å². The largest absolute Gasteiger partial charge is 0.493 e. The molecular weight excluding hydrogens is 406 g/mol. The normalized spacial score (nSPS) is 16.8. The van der Waals surface area contributed by atoms with E-state index < -0.39 is 5.91 Å². The first-order valence-corrected chi connectivity index (χ1v) is 9.48. The van der Waals surface area contributed by atoms with Crippen molar-refractivity contribution in [3.63, 3.8) is 0 Å². The summed E-state index contributed by atoms with van der Waals surface area (Å²) >= 11 is 5.90. The number of carbonyl (C=O) groups excluding carboxylic acids is 1. The van der Waals surface area contributed by atoms with Crippen LogP contribution >= 0.6 is 11.6 Å². The molecule has 152 valence electrons. The number of nitrogens with one attached hydrogen (secondary N) is 1. The van der Waals surface area contributed by atoms with E-state index in [0.717, 1.165) is 5.56 Å². The van der Waals surface area contributed by atoms with E-state index in [-0.39, 0.29) is 11.4 Å². The van der Waals surface area contributed by atoms with Gasteiger partial charge < -0.3 is 14.3 Å². The topological polar surface area (TPSA) is 84.2 Å². The molecule has 30 heavy (non-hydrogen) atoms. The molecule has 0 unspecified atom stereocenters. The fourth-order valence-electron chi connectivity index (χ4n) is 3.00. The zero-order chi connectivity index (χ0) is 21.3. The van der Waals surface area contributed by atoms with Gasteiger partial charge in [-0.15, -0.1) is 5.06 Å². The Morgan fingerprint density at radius 3 is 2.70 bits per heavy atom. The van der Waals surface area contributed by atoms with Crippen LogP contribution in [-0.4, -0.2) is 29.8 Å². The van der Waals surface area contributed by atoms with Crippen LogP contribution in [-0.2, 0) is 16.2 Å². The highest BCUT2D eigenvalue weighted by atomic mass is 35.5. The molecule has 2 aromatic rings. The molecule has 4 rings (SSSR count). The molecule has 2 aromatic carbocycles. The number of hydrogen-bond donors (Lipinski definition) is 1. The van der Waals surface area contributed by atoms with Crippen molar-refractivity contribution < 1.29 is 19.1 Å². The summed E-state index contributed by atoms with van der Waals surface area (Å²) in [5.41, 5.74) is 1.76. The van der Waals surface area contributed by atoms with Gasteiger partial charge in [-0.25, -0.2) is 0 Å². The van der Waals surface area contributed by atoms with Gasteiger partial charge in [0.1, 0.15) is 12.4 Å². The number of amides is 1. The summed E-state index contributed by atoms with van der Waals surface area (Å²) in [4.78, 5) is 21.8. The van der Waals surface area contributed by atoms with E-state index >= 15 is 0 Å². The van der Waals surface area contributed by atoms with E-state index in [9.17, 15) is 4.79 Å². The zero-order valence-corrected chi connectivity index (χ0v) is 17.1. The summed E-state index contributed by atoms with van der Waals surface area (Å²) in [6.07, 6.45) is 3.19. The van der Waals surface area contributed by atoms with E-state index in [1.165, 1.54) is 12.2 Å². The SMILES string of the molecule is COc1cc(/C=C2/C(=N)N3OC(C)=CC3=NC2=O)ccc1OCc1ccc(Cl)cc1. The number of rotatable bonds is 5. The number of nitrogens with zero attached hydrogens (tertiary/aromatic N) is 2. The first kappa shape index (κ1) is 19.7. The molecule has 2 aliphatic rings. The van der Waals surface area contributed by atoms with Crippen LogP contribution in [0.25, 0.3) is 6.08 Å². The summed E-state index contributed by atoms with van der Waals surface area (Å²) in [7, 11) is 1.54. The predicted octanol–water partition coefficient (Wildman–Crippen LogP) is 4.38. The van der Waals surface area contributed by atoms with Crippen LogP contribution < -0.4 is 9.47 Å². The van der Waals surface area contributed by atoms with Crippen molar-refractivity contribution >= 4 is 35.3 Å². The standard InChI is InChI=1S/C22H18ClN3O4/c1-13-9-20-25-22(27)17(21(24)26(20)30-13)10-15-5-8-18(19(11-15)28-2)29-12-14-3-6-16(23)7-4-14/h3-11,24H,12H2,1-2H3/b17-10-,24-21?. The van der Waals surface area contributed by atoms with Crippen LogP contribution in [0.2, 0.25) is 5.02 Å². The van der Waals surface area contributed by atoms with Crippen molar-refractivity contribution in [2.45, 2.75) is 13.5 Å². The molecule has 2 heterocycles. The molecule has 0 radical (unpaired) electrons. The van der Waals surface area contributed by atoms with Crippen LogP contribution in [0, 0.1) is 5.41 Å². The van der Waals surface area contributed by atoms with Gasteiger partial charge >= 0.3 is 0 Å². The van der Waals surface area contributed by atoms with Crippen molar-refractivity contribution in [3.8, 4) is 11.5 Å². The maximum atomic E-state index is 12.4. The minimum absolute atomic E-state index is 0.0693. The monoisotopic (exact) mass is 423 g/mol. The second kappa shape index (κ2) is 8.04. The molecule has 0 spiro atoms. The van der Waals surface area contributed by atoms with Gasteiger partial charge in [-0.3, -0.25) is 10.2 Å². The first-order valence-electron chi connectivity index (χ1n) is 9.10. The molecular formula is C22H18ClN3O4. The van der Waals surface area contributed by atoms with Gasteiger partial charge in [0, 0.05) is 11.1 Å². The second-order valence-corrected chi connectivity index (χ2v) is 7.08. The average Bonchev–Trinajstić information content (AvgIpc) is 3.11.